The highest BCUT2D eigenvalue weighted by Crippen LogP contribution is 2.21. The molecule has 1 N–H and O–H groups in total. The monoisotopic (exact) mass is 288 g/mol. The van der Waals surface area contributed by atoms with E-state index < -0.39 is 10.8 Å². The molecule has 20 heavy (non-hydrogen) atoms. The third kappa shape index (κ3) is 3.99. The Hall–Kier alpha value is -1.52. The molecule has 3 unspecified atom stereocenters. The number of nitrogens with one attached hydrogen (secondary N) is 1. The van der Waals surface area contributed by atoms with Crippen LogP contribution in [0.4, 0.5) is 0 Å². The van der Waals surface area contributed by atoms with Crippen molar-refractivity contribution in [3.05, 3.63) is 66.0 Å². The number of rotatable bonds is 6. The Morgan fingerprint density at radius 2 is 1.70 bits per heavy atom. The Kier molecular flexibility index (Phi) is 5.44. The predicted octanol–water partition coefficient (Wildman–Crippen LogP) is 2.53. The van der Waals surface area contributed by atoms with Crippen molar-refractivity contribution in [3.8, 4) is 0 Å². The number of hydrogen-bond acceptors (Lipinski definition) is 3. The molecule has 0 saturated carbocycles. The summed E-state index contributed by atoms with van der Waals surface area (Å²) in [7, 11) is -0.814. The van der Waals surface area contributed by atoms with Crippen LogP contribution in [0.2, 0.25) is 0 Å². The normalized spacial score (nSPS) is 15.5. The van der Waals surface area contributed by atoms with Crippen LogP contribution < -0.4 is 5.32 Å². The van der Waals surface area contributed by atoms with Crippen LogP contribution in [-0.4, -0.2) is 27.2 Å². The van der Waals surface area contributed by atoms with E-state index in [0.29, 0.717) is 6.54 Å². The summed E-state index contributed by atoms with van der Waals surface area (Å²) in [6.45, 7) is 2.71. The standard InChI is InChI=1S/C16H20N2OS/c1-13(20(2)19)12-18-16(14-6-4-3-5-7-14)15-8-10-17-11-9-15/h3-11,13,16,18H,12H2,1-2H3. The fraction of sp³-hybridized carbons (Fsp3) is 0.312. The Bertz CT molecular complexity index is 505. The highest BCUT2D eigenvalue weighted by Gasteiger charge is 2.15. The zero-order valence-electron chi connectivity index (χ0n) is 11.8. The summed E-state index contributed by atoms with van der Waals surface area (Å²) in [6, 6.07) is 14.4. The van der Waals surface area contributed by atoms with Crippen molar-refractivity contribution in [1.29, 1.82) is 0 Å². The van der Waals surface area contributed by atoms with Gasteiger partial charge in [-0.15, -0.1) is 0 Å². The summed E-state index contributed by atoms with van der Waals surface area (Å²) in [5, 5.41) is 3.64. The highest BCUT2D eigenvalue weighted by molar-refractivity contribution is 7.84. The minimum Gasteiger partial charge on any atom is -0.305 e. The molecule has 0 aliphatic rings. The molecule has 2 rings (SSSR count). The van der Waals surface area contributed by atoms with Gasteiger partial charge in [-0.05, 0) is 30.2 Å². The van der Waals surface area contributed by atoms with E-state index in [1.54, 1.807) is 18.6 Å². The topological polar surface area (TPSA) is 42.0 Å². The molecule has 0 amide bonds. The van der Waals surface area contributed by atoms with Crippen molar-refractivity contribution in [1.82, 2.24) is 10.3 Å². The first-order valence-electron chi connectivity index (χ1n) is 6.69. The second-order valence-electron chi connectivity index (χ2n) is 4.84. The number of benzene rings is 1. The van der Waals surface area contributed by atoms with Crippen LogP contribution in [0.25, 0.3) is 0 Å². The first-order valence-corrected chi connectivity index (χ1v) is 8.31. The molecule has 0 saturated heterocycles. The fourth-order valence-corrected chi connectivity index (χ4v) is 2.36. The first-order chi connectivity index (χ1) is 9.68. The van der Waals surface area contributed by atoms with Gasteiger partial charge < -0.3 is 5.32 Å². The summed E-state index contributed by atoms with van der Waals surface area (Å²) in [4.78, 5) is 4.07. The highest BCUT2D eigenvalue weighted by atomic mass is 32.2. The molecule has 0 aliphatic heterocycles. The third-order valence-corrected chi connectivity index (χ3v) is 4.65. The molecule has 0 spiro atoms. The Morgan fingerprint density at radius 3 is 2.30 bits per heavy atom. The van der Waals surface area contributed by atoms with Crippen molar-refractivity contribution in [2.45, 2.75) is 18.2 Å². The Labute approximate surface area is 122 Å². The molecule has 2 aromatic rings. The molecule has 0 radical (unpaired) electrons. The lowest BCUT2D eigenvalue weighted by molar-refractivity contribution is 0.593. The lowest BCUT2D eigenvalue weighted by atomic mass is 9.99. The number of aromatic nitrogens is 1. The largest absolute Gasteiger partial charge is 0.305 e. The lowest BCUT2D eigenvalue weighted by Gasteiger charge is -2.21. The molecule has 1 heterocycles. The average Bonchev–Trinajstić information content (AvgIpc) is 2.49. The molecule has 4 heteroatoms. The van der Waals surface area contributed by atoms with E-state index in [2.05, 4.69) is 22.4 Å². The van der Waals surface area contributed by atoms with Gasteiger partial charge in [-0.1, -0.05) is 30.3 Å². The van der Waals surface area contributed by atoms with Gasteiger partial charge in [0.15, 0.2) is 0 Å². The molecule has 0 bridgehead atoms. The van der Waals surface area contributed by atoms with Crippen LogP contribution in [0.3, 0.4) is 0 Å². The molecular formula is C16H20N2OS. The summed E-state index contributed by atoms with van der Waals surface area (Å²) in [6.07, 6.45) is 5.35. The van der Waals surface area contributed by atoms with E-state index in [0.717, 1.165) is 0 Å². The smallest absolute Gasteiger partial charge is 0.0578 e. The van der Waals surface area contributed by atoms with Gasteiger partial charge in [-0.2, -0.15) is 0 Å². The Balaban J connectivity index is 2.19. The zero-order chi connectivity index (χ0) is 14.4. The minimum atomic E-state index is -0.814. The zero-order valence-corrected chi connectivity index (χ0v) is 12.6. The maximum atomic E-state index is 11.5. The van der Waals surface area contributed by atoms with Crippen molar-refractivity contribution >= 4 is 10.8 Å². The van der Waals surface area contributed by atoms with Gasteiger partial charge in [0, 0.05) is 41.2 Å². The van der Waals surface area contributed by atoms with Crippen LogP contribution in [0.15, 0.2) is 54.9 Å². The van der Waals surface area contributed by atoms with Crippen molar-refractivity contribution < 1.29 is 4.21 Å². The Morgan fingerprint density at radius 1 is 1.10 bits per heavy atom. The summed E-state index contributed by atoms with van der Waals surface area (Å²) in [5.74, 6) is 0. The van der Waals surface area contributed by atoms with E-state index in [1.807, 2.05) is 37.3 Å². The van der Waals surface area contributed by atoms with Gasteiger partial charge >= 0.3 is 0 Å². The van der Waals surface area contributed by atoms with Crippen LogP contribution in [0.5, 0.6) is 0 Å². The average molecular weight is 288 g/mol. The van der Waals surface area contributed by atoms with Crippen LogP contribution in [-0.2, 0) is 10.8 Å². The second-order valence-corrected chi connectivity index (χ2v) is 6.64. The molecule has 106 valence electrons. The number of hydrogen-bond donors (Lipinski definition) is 1. The van der Waals surface area contributed by atoms with Gasteiger partial charge in [0.05, 0.1) is 6.04 Å². The maximum Gasteiger partial charge on any atom is 0.0578 e. The maximum absolute atomic E-state index is 11.5. The number of nitrogens with zero attached hydrogens (tertiary/aromatic N) is 1. The van der Waals surface area contributed by atoms with Gasteiger partial charge in [0.1, 0.15) is 0 Å². The van der Waals surface area contributed by atoms with Gasteiger partial charge in [0.25, 0.3) is 0 Å². The quantitative estimate of drug-likeness (QED) is 0.888. The molecule has 3 nitrogen and oxygen atoms in total. The van der Waals surface area contributed by atoms with Gasteiger partial charge in [-0.25, -0.2) is 0 Å². The molecule has 0 fully saturated rings. The molecular weight excluding hydrogens is 268 g/mol. The molecule has 1 aromatic heterocycles. The molecule has 1 aromatic carbocycles. The third-order valence-electron chi connectivity index (χ3n) is 3.35. The summed E-state index contributed by atoms with van der Waals surface area (Å²) < 4.78 is 11.5. The summed E-state index contributed by atoms with van der Waals surface area (Å²) >= 11 is 0. The predicted molar refractivity (Wildman–Crippen MR) is 84.1 cm³/mol. The lowest BCUT2D eigenvalue weighted by Crippen LogP contribution is -2.31. The van der Waals surface area contributed by atoms with Crippen LogP contribution in [0, 0.1) is 0 Å². The van der Waals surface area contributed by atoms with E-state index in [4.69, 9.17) is 0 Å². The molecule has 0 aliphatic carbocycles. The van der Waals surface area contributed by atoms with Crippen molar-refractivity contribution in [2.75, 3.05) is 12.8 Å². The van der Waals surface area contributed by atoms with E-state index in [-0.39, 0.29) is 11.3 Å². The van der Waals surface area contributed by atoms with E-state index >= 15 is 0 Å². The molecule has 3 atom stereocenters. The van der Waals surface area contributed by atoms with Crippen molar-refractivity contribution in [3.63, 3.8) is 0 Å². The fourth-order valence-electron chi connectivity index (χ4n) is 2.03. The minimum absolute atomic E-state index is 0.102. The van der Waals surface area contributed by atoms with Gasteiger partial charge in [0.2, 0.25) is 0 Å². The van der Waals surface area contributed by atoms with E-state index in [9.17, 15) is 4.21 Å². The van der Waals surface area contributed by atoms with E-state index in [1.165, 1.54) is 11.1 Å². The first kappa shape index (κ1) is 14.9. The van der Waals surface area contributed by atoms with Crippen LogP contribution in [0.1, 0.15) is 24.1 Å². The van der Waals surface area contributed by atoms with Gasteiger partial charge in [-0.3, -0.25) is 9.19 Å². The van der Waals surface area contributed by atoms with Crippen molar-refractivity contribution in [2.24, 2.45) is 0 Å². The van der Waals surface area contributed by atoms with Crippen LogP contribution >= 0.6 is 0 Å². The SMILES string of the molecule is CC(CNC(c1ccccc1)c1ccncc1)S(C)=O. The summed E-state index contributed by atoms with van der Waals surface area (Å²) in [5.41, 5.74) is 2.37. The number of pyridine rings is 1. The second kappa shape index (κ2) is 7.31.